The third kappa shape index (κ3) is 4.18. The molecule has 0 bridgehead atoms. The zero-order chi connectivity index (χ0) is 24.8. The lowest BCUT2D eigenvalue weighted by Gasteiger charge is -2.39. The number of aromatic nitrogens is 2. The van der Waals surface area contributed by atoms with Gasteiger partial charge in [0.15, 0.2) is 17.1 Å². The number of ether oxygens (including phenoxy) is 2. The van der Waals surface area contributed by atoms with Crippen molar-refractivity contribution in [3.8, 4) is 11.5 Å². The van der Waals surface area contributed by atoms with Crippen LogP contribution in [-0.2, 0) is 5.54 Å². The zero-order valence-corrected chi connectivity index (χ0v) is 17.6. The van der Waals surface area contributed by atoms with E-state index in [-0.39, 0.29) is 35.4 Å². The maximum absolute atomic E-state index is 14.7. The van der Waals surface area contributed by atoms with Crippen molar-refractivity contribution in [1.82, 2.24) is 15.3 Å². The van der Waals surface area contributed by atoms with Gasteiger partial charge in [-0.2, -0.15) is 0 Å². The highest BCUT2D eigenvalue weighted by Crippen LogP contribution is 2.42. The molecule has 1 aliphatic heterocycles. The number of carbonyl (C=O) groups is 1. The van der Waals surface area contributed by atoms with E-state index in [9.17, 15) is 27.2 Å². The molecule has 0 fully saturated rings. The number of fused-ring (bicyclic) bond motifs is 2. The highest BCUT2D eigenvalue weighted by molar-refractivity contribution is 5.97. The van der Waals surface area contributed by atoms with Gasteiger partial charge in [-0.1, -0.05) is 6.07 Å². The lowest BCUT2D eigenvalue weighted by molar-refractivity contribution is -0.275. The smallest absolute Gasteiger partial charge is 0.491 e. The Labute approximate surface area is 193 Å². The van der Waals surface area contributed by atoms with Crippen LogP contribution in [0.25, 0.3) is 11.1 Å². The van der Waals surface area contributed by atoms with Crippen LogP contribution in [0, 0.1) is 5.82 Å². The molecule has 4 aromatic rings. The molecule has 0 saturated carbocycles. The van der Waals surface area contributed by atoms with Crippen LogP contribution in [0.3, 0.4) is 0 Å². The number of alkyl halides is 3. The fourth-order valence-electron chi connectivity index (χ4n) is 4.06. The van der Waals surface area contributed by atoms with Gasteiger partial charge < -0.3 is 19.2 Å². The number of carbonyl (C=O) groups excluding carboxylic acids is 1. The van der Waals surface area contributed by atoms with E-state index >= 15 is 0 Å². The Hall–Kier alpha value is -4.35. The van der Waals surface area contributed by atoms with Gasteiger partial charge in [0.1, 0.15) is 17.0 Å². The topological polar surface area (TPSA) is 106 Å². The van der Waals surface area contributed by atoms with Crippen molar-refractivity contribution in [3.63, 3.8) is 0 Å². The van der Waals surface area contributed by atoms with E-state index in [1.54, 1.807) is 12.1 Å². The number of halogens is 4. The molecule has 180 valence electrons. The molecule has 0 spiro atoms. The van der Waals surface area contributed by atoms with Gasteiger partial charge in [0.2, 0.25) is 0 Å². The minimum absolute atomic E-state index is 0.100. The summed E-state index contributed by atoms with van der Waals surface area (Å²) in [7, 11) is 0. The number of hydrogen-bond acceptors (Lipinski definition) is 6. The third-order valence-electron chi connectivity index (χ3n) is 5.57. The minimum atomic E-state index is -5.08. The highest BCUT2D eigenvalue weighted by Gasteiger charge is 2.43. The Morgan fingerprint density at radius 2 is 2.00 bits per heavy atom. The first-order valence-corrected chi connectivity index (χ1v) is 10.2. The van der Waals surface area contributed by atoms with Crippen molar-refractivity contribution in [2.75, 3.05) is 6.61 Å². The standard InChI is InChI=1S/C23H15F4N3O5/c24-14-11-13(4-6-16(14)35-23(25,26)27)22(7-9-33-17-2-1-8-28-19(17)22)30-20(31)12-3-5-15-18(10-12)34-21(32)29-15/h1-6,8,10-11H,7,9H2,(H,29,32)(H,30,31)/t22-/m0/s1. The molecule has 2 aromatic heterocycles. The van der Waals surface area contributed by atoms with E-state index in [2.05, 4.69) is 20.0 Å². The molecule has 12 heteroatoms. The molecule has 0 radical (unpaired) electrons. The van der Waals surface area contributed by atoms with Crippen molar-refractivity contribution < 1.29 is 36.2 Å². The molecule has 5 rings (SSSR count). The van der Waals surface area contributed by atoms with E-state index in [0.717, 1.165) is 12.1 Å². The van der Waals surface area contributed by atoms with Gasteiger partial charge in [-0.05, 0) is 48.0 Å². The molecular formula is C23H15F4N3O5. The molecule has 2 N–H and O–H groups in total. The first-order chi connectivity index (χ1) is 16.6. The van der Waals surface area contributed by atoms with Crippen LogP contribution in [0.1, 0.15) is 28.0 Å². The number of H-pyrrole nitrogens is 1. The minimum Gasteiger partial charge on any atom is -0.491 e. The molecule has 1 atom stereocenters. The van der Waals surface area contributed by atoms with Gasteiger partial charge in [0.05, 0.1) is 12.1 Å². The van der Waals surface area contributed by atoms with Crippen LogP contribution < -0.4 is 20.5 Å². The number of hydrogen-bond donors (Lipinski definition) is 2. The van der Waals surface area contributed by atoms with Crippen LogP contribution in [0.2, 0.25) is 0 Å². The average Bonchev–Trinajstić information content (AvgIpc) is 3.19. The monoisotopic (exact) mass is 489 g/mol. The van der Waals surface area contributed by atoms with Crippen molar-refractivity contribution in [3.05, 3.63) is 87.9 Å². The quantitative estimate of drug-likeness (QED) is 0.420. The van der Waals surface area contributed by atoms with Crippen LogP contribution in [0.15, 0.2) is 63.9 Å². The molecule has 35 heavy (non-hydrogen) atoms. The summed E-state index contributed by atoms with van der Waals surface area (Å²) >= 11 is 0. The number of pyridine rings is 1. The van der Waals surface area contributed by atoms with Crippen LogP contribution in [0.5, 0.6) is 11.5 Å². The van der Waals surface area contributed by atoms with Crippen LogP contribution in [0.4, 0.5) is 17.6 Å². The van der Waals surface area contributed by atoms with Crippen LogP contribution >= 0.6 is 0 Å². The molecule has 2 aromatic carbocycles. The van der Waals surface area contributed by atoms with Gasteiger partial charge >= 0.3 is 12.1 Å². The molecule has 1 aliphatic rings. The second kappa shape index (κ2) is 8.15. The number of oxazole rings is 1. The predicted octanol–water partition coefficient (Wildman–Crippen LogP) is 4.01. The number of rotatable bonds is 4. The number of nitrogens with zero attached hydrogens (tertiary/aromatic N) is 1. The van der Waals surface area contributed by atoms with E-state index in [0.29, 0.717) is 11.3 Å². The van der Waals surface area contributed by atoms with Crippen LogP contribution in [-0.4, -0.2) is 28.8 Å². The molecular weight excluding hydrogens is 474 g/mol. The summed E-state index contributed by atoms with van der Waals surface area (Å²) in [5, 5.41) is 2.85. The molecule has 3 heterocycles. The van der Waals surface area contributed by atoms with E-state index in [1.807, 2.05) is 0 Å². The fraction of sp³-hybridized carbons (Fsp3) is 0.174. The lowest BCUT2D eigenvalue weighted by Crippen LogP contribution is -2.50. The van der Waals surface area contributed by atoms with E-state index < -0.39 is 35.1 Å². The second-order valence-corrected chi connectivity index (χ2v) is 7.73. The second-order valence-electron chi connectivity index (χ2n) is 7.73. The van der Waals surface area contributed by atoms with Gasteiger partial charge in [-0.15, -0.1) is 13.2 Å². The fourth-order valence-corrected chi connectivity index (χ4v) is 4.06. The predicted molar refractivity (Wildman–Crippen MR) is 113 cm³/mol. The van der Waals surface area contributed by atoms with Gasteiger partial charge in [-0.25, -0.2) is 9.18 Å². The summed E-state index contributed by atoms with van der Waals surface area (Å²) in [5.41, 5.74) is -0.393. The van der Waals surface area contributed by atoms with Gasteiger partial charge in [0.25, 0.3) is 5.91 Å². The lowest BCUT2D eigenvalue weighted by atomic mass is 9.81. The number of benzene rings is 2. The third-order valence-corrected chi connectivity index (χ3v) is 5.57. The summed E-state index contributed by atoms with van der Waals surface area (Å²) < 4.78 is 66.9. The Bertz CT molecular complexity index is 1500. The Balaban J connectivity index is 1.60. The first kappa shape index (κ1) is 22.4. The Morgan fingerprint density at radius 3 is 2.77 bits per heavy atom. The van der Waals surface area contributed by atoms with Crippen molar-refractivity contribution in [2.45, 2.75) is 18.3 Å². The summed E-state index contributed by atoms with van der Waals surface area (Å²) in [6, 6.07) is 10.4. The van der Waals surface area contributed by atoms with Crippen molar-refractivity contribution in [2.24, 2.45) is 0 Å². The molecule has 0 unspecified atom stereocenters. The summed E-state index contributed by atoms with van der Waals surface area (Å²) in [6.07, 6.45) is -3.53. The summed E-state index contributed by atoms with van der Waals surface area (Å²) in [6.45, 7) is 0.104. The highest BCUT2D eigenvalue weighted by atomic mass is 19.4. The SMILES string of the molecule is O=C(N[C@]1(c2ccc(OC(F)(F)F)c(F)c2)CCOc2cccnc21)c1ccc2[nH]c(=O)oc2c1. The maximum atomic E-state index is 14.7. The van der Waals surface area contributed by atoms with Crippen molar-refractivity contribution >= 4 is 17.0 Å². The van der Waals surface area contributed by atoms with Gasteiger partial charge in [-0.3, -0.25) is 14.8 Å². The van der Waals surface area contributed by atoms with Gasteiger partial charge in [0, 0.05) is 18.2 Å². The molecule has 8 nitrogen and oxygen atoms in total. The average molecular weight is 489 g/mol. The maximum Gasteiger partial charge on any atom is 0.573 e. The Kier molecular flexibility index (Phi) is 5.23. The zero-order valence-electron chi connectivity index (χ0n) is 17.6. The normalized spacial score (nSPS) is 17.5. The summed E-state index contributed by atoms with van der Waals surface area (Å²) in [5.74, 6) is -3.27. The number of nitrogens with one attached hydrogen (secondary N) is 2. The number of aromatic amines is 1. The van der Waals surface area contributed by atoms with E-state index in [4.69, 9.17) is 9.15 Å². The summed E-state index contributed by atoms with van der Waals surface area (Å²) in [4.78, 5) is 31.5. The Morgan fingerprint density at radius 1 is 1.17 bits per heavy atom. The first-order valence-electron chi connectivity index (χ1n) is 10.2. The molecule has 0 saturated heterocycles. The molecule has 1 amide bonds. The van der Waals surface area contributed by atoms with Crippen molar-refractivity contribution in [1.29, 1.82) is 0 Å². The van der Waals surface area contributed by atoms with E-state index in [1.165, 1.54) is 30.5 Å². The number of amides is 1. The largest absolute Gasteiger partial charge is 0.573 e. The molecule has 0 aliphatic carbocycles.